The lowest BCUT2D eigenvalue weighted by atomic mass is 9.72. The van der Waals surface area contributed by atoms with Gasteiger partial charge < -0.3 is 14.2 Å². The number of ether oxygens (including phenoxy) is 3. The van der Waals surface area contributed by atoms with Crippen molar-refractivity contribution < 1.29 is 14.2 Å². The van der Waals surface area contributed by atoms with Gasteiger partial charge in [-0.05, 0) is 31.1 Å². The molecule has 0 aromatic carbocycles. The Labute approximate surface area is 117 Å². The first-order chi connectivity index (χ1) is 9.05. The molecule has 0 aromatic heterocycles. The molecule has 2 spiro atoms. The first-order valence-electron chi connectivity index (χ1n) is 7.97. The summed E-state index contributed by atoms with van der Waals surface area (Å²) in [7, 11) is 0. The van der Waals surface area contributed by atoms with E-state index < -0.39 is 0 Å². The second-order valence-electron chi connectivity index (χ2n) is 7.26. The van der Waals surface area contributed by atoms with Crippen molar-refractivity contribution in [3.05, 3.63) is 0 Å². The molecule has 3 nitrogen and oxygen atoms in total. The van der Waals surface area contributed by atoms with E-state index in [1.54, 1.807) is 0 Å². The average molecular weight is 268 g/mol. The van der Waals surface area contributed by atoms with E-state index in [4.69, 9.17) is 14.2 Å². The van der Waals surface area contributed by atoms with Gasteiger partial charge in [-0.25, -0.2) is 0 Å². The summed E-state index contributed by atoms with van der Waals surface area (Å²) in [6.45, 7) is 9.23. The molecule has 0 unspecified atom stereocenters. The summed E-state index contributed by atoms with van der Waals surface area (Å²) >= 11 is 0. The zero-order chi connectivity index (χ0) is 13.5. The lowest BCUT2D eigenvalue weighted by Gasteiger charge is -2.52. The maximum Gasteiger partial charge on any atom is 0.171 e. The van der Waals surface area contributed by atoms with E-state index in [1.807, 2.05) is 0 Å². The van der Waals surface area contributed by atoms with Crippen LogP contribution in [-0.2, 0) is 14.2 Å². The molecule has 2 atom stereocenters. The summed E-state index contributed by atoms with van der Waals surface area (Å²) in [6.07, 6.45) is 5.81. The van der Waals surface area contributed by atoms with Gasteiger partial charge in [-0.15, -0.1) is 0 Å². The molecule has 2 aliphatic heterocycles. The second kappa shape index (κ2) is 5.01. The van der Waals surface area contributed by atoms with Crippen LogP contribution < -0.4 is 0 Å². The van der Waals surface area contributed by atoms with Gasteiger partial charge in [-0.2, -0.15) is 0 Å². The van der Waals surface area contributed by atoms with Crippen molar-refractivity contribution in [2.24, 2.45) is 17.8 Å². The van der Waals surface area contributed by atoms with E-state index in [0.29, 0.717) is 17.8 Å². The fraction of sp³-hybridized carbons (Fsp3) is 1.00. The van der Waals surface area contributed by atoms with Crippen molar-refractivity contribution in [3.8, 4) is 0 Å². The van der Waals surface area contributed by atoms with Crippen LogP contribution in [0, 0.1) is 17.8 Å². The number of hydrogen-bond acceptors (Lipinski definition) is 3. The normalized spacial score (nSPS) is 47.4. The Hall–Kier alpha value is -0.120. The molecule has 2 saturated heterocycles. The minimum Gasteiger partial charge on any atom is -0.370 e. The molecule has 0 bridgehead atoms. The molecule has 3 aliphatic rings. The Morgan fingerprint density at radius 2 is 1.79 bits per heavy atom. The molecule has 0 aromatic rings. The highest BCUT2D eigenvalue weighted by Crippen LogP contribution is 2.48. The van der Waals surface area contributed by atoms with Crippen molar-refractivity contribution in [3.63, 3.8) is 0 Å². The van der Waals surface area contributed by atoms with Crippen LogP contribution in [0.5, 0.6) is 0 Å². The van der Waals surface area contributed by atoms with E-state index >= 15 is 0 Å². The van der Waals surface area contributed by atoms with Crippen LogP contribution >= 0.6 is 0 Å². The summed E-state index contributed by atoms with van der Waals surface area (Å²) in [5.41, 5.74) is -0.131. The van der Waals surface area contributed by atoms with E-state index in [1.165, 1.54) is 12.8 Å². The summed E-state index contributed by atoms with van der Waals surface area (Å²) in [6, 6.07) is 0. The lowest BCUT2D eigenvalue weighted by Crippen LogP contribution is -2.59. The quantitative estimate of drug-likeness (QED) is 0.730. The summed E-state index contributed by atoms with van der Waals surface area (Å²) < 4.78 is 18.6. The maximum atomic E-state index is 6.34. The summed E-state index contributed by atoms with van der Waals surface area (Å²) in [5.74, 6) is 1.52. The fourth-order valence-electron chi connectivity index (χ4n) is 4.17. The predicted octanol–water partition coefficient (Wildman–Crippen LogP) is 3.37. The van der Waals surface area contributed by atoms with E-state index in [-0.39, 0.29) is 11.4 Å². The molecular weight excluding hydrogens is 240 g/mol. The smallest absolute Gasteiger partial charge is 0.171 e. The Balaban J connectivity index is 1.74. The number of rotatable bonds is 1. The van der Waals surface area contributed by atoms with Crippen LogP contribution in [0.3, 0.4) is 0 Å². The molecular formula is C16H28O3. The standard InChI is InChI=1S/C16H28O3/c1-12(2)14-6-5-13(3)9-16(14)18-10-15(11-19-16)7-4-8-17-15/h12-14H,4-11H2,1-3H3/t13-,14+,15?,16?/m1/s1. The Morgan fingerprint density at radius 3 is 2.37 bits per heavy atom. The van der Waals surface area contributed by atoms with Crippen molar-refractivity contribution in [1.82, 2.24) is 0 Å². The molecule has 0 amide bonds. The zero-order valence-corrected chi connectivity index (χ0v) is 12.6. The average Bonchev–Trinajstić information content (AvgIpc) is 2.82. The van der Waals surface area contributed by atoms with E-state index in [2.05, 4.69) is 20.8 Å². The molecule has 1 aliphatic carbocycles. The van der Waals surface area contributed by atoms with E-state index in [0.717, 1.165) is 39.1 Å². The fourth-order valence-corrected chi connectivity index (χ4v) is 4.17. The highest BCUT2D eigenvalue weighted by Gasteiger charge is 2.53. The van der Waals surface area contributed by atoms with Gasteiger partial charge in [-0.3, -0.25) is 0 Å². The van der Waals surface area contributed by atoms with Crippen LogP contribution in [0.1, 0.15) is 52.9 Å². The minimum atomic E-state index is -0.330. The van der Waals surface area contributed by atoms with Crippen LogP contribution in [0.25, 0.3) is 0 Å². The molecule has 110 valence electrons. The lowest BCUT2D eigenvalue weighted by molar-refractivity contribution is -0.356. The monoisotopic (exact) mass is 268 g/mol. The van der Waals surface area contributed by atoms with E-state index in [9.17, 15) is 0 Å². The molecule has 0 radical (unpaired) electrons. The van der Waals surface area contributed by atoms with Crippen molar-refractivity contribution in [2.75, 3.05) is 19.8 Å². The molecule has 3 rings (SSSR count). The van der Waals surface area contributed by atoms with Crippen molar-refractivity contribution in [1.29, 1.82) is 0 Å². The predicted molar refractivity (Wildman–Crippen MR) is 73.9 cm³/mol. The van der Waals surface area contributed by atoms with Gasteiger partial charge in [0.1, 0.15) is 5.60 Å². The van der Waals surface area contributed by atoms with Gasteiger partial charge in [0.15, 0.2) is 5.79 Å². The number of hydrogen-bond donors (Lipinski definition) is 0. The highest BCUT2D eigenvalue weighted by molar-refractivity contribution is 4.96. The van der Waals surface area contributed by atoms with Gasteiger partial charge in [-0.1, -0.05) is 27.2 Å². The highest BCUT2D eigenvalue weighted by atomic mass is 16.7. The molecule has 3 fully saturated rings. The van der Waals surface area contributed by atoms with Crippen LogP contribution in [0.2, 0.25) is 0 Å². The first-order valence-corrected chi connectivity index (χ1v) is 7.97. The molecule has 3 heteroatoms. The third kappa shape index (κ3) is 2.45. The largest absolute Gasteiger partial charge is 0.370 e. The first kappa shape index (κ1) is 13.8. The molecule has 2 heterocycles. The Morgan fingerprint density at radius 1 is 1.05 bits per heavy atom. The van der Waals surface area contributed by atoms with Crippen LogP contribution in [0.15, 0.2) is 0 Å². The van der Waals surface area contributed by atoms with Crippen LogP contribution in [-0.4, -0.2) is 31.2 Å². The SMILES string of the molecule is CC(C)[C@@H]1CC[C@@H](C)CC12OCC1(CCCO1)CO2. The third-order valence-corrected chi connectivity index (χ3v) is 5.32. The molecule has 1 saturated carbocycles. The van der Waals surface area contributed by atoms with Crippen LogP contribution in [0.4, 0.5) is 0 Å². The summed E-state index contributed by atoms with van der Waals surface area (Å²) in [5, 5.41) is 0. The van der Waals surface area contributed by atoms with Gasteiger partial charge >= 0.3 is 0 Å². The van der Waals surface area contributed by atoms with Crippen molar-refractivity contribution >= 4 is 0 Å². The Bertz CT molecular complexity index is 310. The van der Waals surface area contributed by atoms with Gasteiger partial charge in [0, 0.05) is 18.9 Å². The molecule has 0 N–H and O–H groups in total. The van der Waals surface area contributed by atoms with Gasteiger partial charge in [0.25, 0.3) is 0 Å². The van der Waals surface area contributed by atoms with Gasteiger partial charge in [0.2, 0.25) is 0 Å². The third-order valence-electron chi connectivity index (χ3n) is 5.32. The maximum absolute atomic E-state index is 6.34. The minimum absolute atomic E-state index is 0.131. The zero-order valence-electron chi connectivity index (χ0n) is 12.6. The molecule has 19 heavy (non-hydrogen) atoms. The van der Waals surface area contributed by atoms with Crippen molar-refractivity contribution in [2.45, 2.75) is 64.3 Å². The van der Waals surface area contributed by atoms with Gasteiger partial charge in [0.05, 0.1) is 13.2 Å². The Kier molecular flexibility index (Phi) is 3.65. The second-order valence-corrected chi connectivity index (χ2v) is 7.26. The summed E-state index contributed by atoms with van der Waals surface area (Å²) in [4.78, 5) is 0. The topological polar surface area (TPSA) is 27.7 Å².